The van der Waals surface area contributed by atoms with E-state index in [-0.39, 0.29) is 70.9 Å². The summed E-state index contributed by atoms with van der Waals surface area (Å²) in [4.78, 5) is 45.3. The van der Waals surface area contributed by atoms with E-state index in [0.29, 0.717) is 34.5 Å². The van der Waals surface area contributed by atoms with Gasteiger partial charge in [0.15, 0.2) is 5.13 Å². The summed E-state index contributed by atoms with van der Waals surface area (Å²) in [6.45, 7) is 2.98. The second-order valence-corrected chi connectivity index (χ2v) is 10.1. The van der Waals surface area contributed by atoms with Crippen LogP contribution in [-0.2, 0) is 0 Å². The number of thiazole rings is 1. The van der Waals surface area contributed by atoms with Crippen LogP contribution in [0.4, 0.5) is 5.13 Å². The van der Waals surface area contributed by atoms with E-state index in [9.17, 15) is 24.6 Å². The number of hydrogen-bond acceptors (Lipinski definition) is 6. The maximum absolute atomic E-state index is 12.6. The number of carbonyl (C=O) groups is 3. The second kappa shape index (κ2) is 9.52. The normalized spacial score (nSPS) is 20.2. The molecule has 1 saturated heterocycles. The third-order valence-electron chi connectivity index (χ3n) is 6.24. The van der Waals surface area contributed by atoms with Crippen LogP contribution in [-0.4, -0.2) is 57.2 Å². The molecule has 35 heavy (non-hydrogen) atoms. The topological polar surface area (TPSA) is 136 Å². The number of fused-ring (bicyclic) bond motifs is 1. The number of aromatic amines is 1. The smallest absolute Gasteiger partial charge is 1.00 e. The number of carbonyl (C=O) groups excluding carboxylic acids is 1. The summed E-state index contributed by atoms with van der Waals surface area (Å²) in [5.74, 6) is -2.10. The molecule has 2 aromatic heterocycles. The van der Waals surface area contributed by atoms with Crippen LogP contribution < -0.4 is 29.1 Å². The summed E-state index contributed by atoms with van der Waals surface area (Å²) in [6, 6.07) is 6.06. The minimum atomic E-state index is -1.12. The van der Waals surface area contributed by atoms with Crippen molar-refractivity contribution >= 4 is 57.5 Å². The van der Waals surface area contributed by atoms with Gasteiger partial charge in [-0.1, -0.05) is 46.7 Å². The molecule has 13 heteroatoms. The number of aromatic carboxylic acids is 2. The van der Waals surface area contributed by atoms with Crippen molar-refractivity contribution in [3.8, 4) is 11.3 Å². The van der Waals surface area contributed by atoms with Crippen molar-refractivity contribution in [3.05, 3.63) is 56.1 Å². The fourth-order valence-corrected chi connectivity index (χ4v) is 5.79. The van der Waals surface area contributed by atoms with Gasteiger partial charge in [0, 0.05) is 42.2 Å². The number of aryl methyl sites for hydroxylation is 1. The second-order valence-electron chi connectivity index (χ2n) is 8.35. The molecule has 2 fully saturated rings. The number of amides is 1. The number of hydrogen-bond donors (Lipinski definition) is 4. The molecule has 2 aliphatic rings. The zero-order valence-corrected chi connectivity index (χ0v) is 21.0. The molecule has 1 amide bonds. The van der Waals surface area contributed by atoms with Gasteiger partial charge < -0.3 is 26.8 Å². The van der Waals surface area contributed by atoms with E-state index in [1.54, 1.807) is 19.1 Å². The van der Waals surface area contributed by atoms with Gasteiger partial charge in [-0.15, -0.1) is 0 Å². The largest absolute Gasteiger partial charge is 1.00 e. The van der Waals surface area contributed by atoms with Gasteiger partial charge in [0.25, 0.3) is 5.91 Å². The predicted molar refractivity (Wildman–Crippen MR) is 129 cm³/mol. The molecule has 1 aromatic carbocycles. The Morgan fingerprint density at radius 2 is 1.86 bits per heavy atom. The summed E-state index contributed by atoms with van der Waals surface area (Å²) in [5.41, 5.74) is 1.61. The van der Waals surface area contributed by atoms with E-state index in [0.717, 1.165) is 11.3 Å². The minimum Gasteiger partial charge on any atom is -1.00 e. The van der Waals surface area contributed by atoms with Crippen molar-refractivity contribution in [1.29, 1.82) is 0 Å². The van der Waals surface area contributed by atoms with Crippen LogP contribution in [0.15, 0.2) is 24.3 Å². The van der Waals surface area contributed by atoms with Crippen molar-refractivity contribution in [1.82, 2.24) is 15.3 Å². The number of H-pyrrole nitrogens is 1. The molecule has 4 N–H and O–H groups in total. The van der Waals surface area contributed by atoms with Crippen molar-refractivity contribution in [2.75, 3.05) is 18.0 Å². The summed E-state index contributed by atoms with van der Waals surface area (Å²) >= 11 is 13.3. The molecule has 0 spiro atoms. The van der Waals surface area contributed by atoms with Gasteiger partial charge >= 0.3 is 30.8 Å². The van der Waals surface area contributed by atoms with Gasteiger partial charge in [0.05, 0.1) is 21.3 Å². The van der Waals surface area contributed by atoms with E-state index in [2.05, 4.69) is 15.3 Å². The van der Waals surface area contributed by atoms with Crippen LogP contribution in [0.2, 0.25) is 10.0 Å². The number of halogens is 2. The quantitative estimate of drug-likeness (QED) is 0.352. The fourth-order valence-electron chi connectivity index (χ4n) is 4.43. The van der Waals surface area contributed by atoms with Crippen molar-refractivity contribution in [2.24, 2.45) is 11.8 Å². The Balaban J connectivity index is 0.00000180. The van der Waals surface area contributed by atoms with Gasteiger partial charge in [0.2, 0.25) is 0 Å². The average molecular weight is 529 g/mol. The molecular weight excluding hydrogens is 510 g/mol. The van der Waals surface area contributed by atoms with E-state index in [1.807, 2.05) is 4.90 Å². The number of piperidine rings is 1. The number of carboxylic acid groups (broad SMARTS) is 2. The Morgan fingerprint density at radius 3 is 2.43 bits per heavy atom. The Kier molecular flexibility index (Phi) is 6.97. The Morgan fingerprint density at radius 1 is 1.17 bits per heavy atom. The molecule has 0 bridgehead atoms. The fraction of sp³-hybridized carbons (Fsp3) is 0.273. The van der Waals surface area contributed by atoms with Crippen LogP contribution in [0.1, 0.15) is 37.6 Å². The molecule has 3 atom stereocenters. The number of rotatable bonds is 6. The number of nitrogens with zero attached hydrogens (tertiary/aromatic N) is 2. The number of nitrogens with one attached hydrogen (secondary N) is 2. The first kappa shape index (κ1) is 25.6. The van der Waals surface area contributed by atoms with Crippen molar-refractivity contribution in [3.63, 3.8) is 0 Å². The first-order valence-electron chi connectivity index (χ1n) is 10.3. The van der Waals surface area contributed by atoms with Crippen LogP contribution in [0.5, 0.6) is 0 Å². The van der Waals surface area contributed by atoms with Crippen molar-refractivity contribution in [2.45, 2.75) is 13.0 Å². The van der Waals surface area contributed by atoms with Gasteiger partial charge in [-0.05, 0) is 19.1 Å². The molecule has 0 radical (unpaired) electrons. The third kappa shape index (κ3) is 4.57. The number of anilines is 1. The number of aromatic nitrogens is 2. The standard InChI is InChI=1S/C22H18Cl2N4O5S.Li.H/c1-8-13(23)14(24)17(25-8)19(29)26-16-11-6-28(7-12(11)16)22-27-15(18(34-22)21(32)33)9-3-2-4-10(5-9)20(30)31;;/h2-5,11-12,16,25H,6-7H2,1H3,(H,26,29)(H,30,31)(H,32,33);;/q;+1;-1/t11-,12+,16?;;. The Hall–Kier alpha value is -2.48. The average Bonchev–Trinajstić information content (AvgIpc) is 3.19. The van der Waals surface area contributed by atoms with Crippen LogP contribution in [0.25, 0.3) is 11.3 Å². The maximum Gasteiger partial charge on any atom is 1.00 e. The molecule has 3 aromatic rings. The molecule has 1 aliphatic heterocycles. The first-order chi connectivity index (χ1) is 16.2. The minimum absolute atomic E-state index is 0. The third-order valence-corrected chi connectivity index (χ3v) is 8.29. The SMILES string of the molecule is Cc1[nH]c(C(=O)NC2[C@H]3CN(c4nc(-c5cccc(C(=O)O)c5)c(C(=O)O)s4)C[C@@H]23)c(Cl)c1Cl.[H-].[Li+]. The van der Waals surface area contributed by atoms with Gasteiger partial charge in [0.1, 0.15) is 10.6 Å². The molecule has 1 saturated carbocycles. The van der Waals surface area contributed by atoms with E-state index < -0.39 is 11.9 Å². The summed E-state index contributed by atoms with van der Waals surface area (Å²) < 4.78 is 0. The zero-order valence-electron chi connectivity index (χ0n) is 19.6. The summed E-state index contributed by atoms with van der Waals surface area (Å²) in [5, 5.41) is 23.0. The van der Waals surface area contributed by atoms with E-state index >= 15 is 0 Å². The molecule has 1 aliphatic carbocycles. The molecule has 1 unspecified atom stereocenters. The number of benzene rings is 1. The van der Waals surface area contributed by atoms with Gasteiger partial charge in [-0.2, -0.15) is 0 Å². The van der Waals surface area contributed by atoms with Crippen LogP contribution in [0, 0.1) is 18.8 Å². The maximum atomic E-state index is 12.6. The van der Waals surface area contributed by atoms with E-state index in [4.69, 9.17) is 23.2 Å². The summed E-state index contributed by atoms with van der Waals surface area (Å²) in [6.07, 6.45) is 0. The Labute approximate surface area is 227 Å². The van der Waals surface area contributed by atoms with Crippen molar-refractivity contribution < 1.29 is 44.9 Å². The zero-order chi connectivity index (χ0) is 24.3. The number of carboxylic acids is 2. The summed E-state index contributed by atoms with van der Waals surface area (Å²) in [7, 11) is 0. The van der Waals surface area contributed by atoms with Crippen LogP contribution in [0.3, 0.4) is 0 Å². The predicted octanol–water partition coefficient (Wildman–Crippen LogP) is 1.13. The molecule has 3 heterocycles. The Bertz CT molecular complexity index is 1350. The van der Waals surface area contributed by atoms with Gasteiger partial charge in [-0.25, -0.2) is 14.6 Å². The molecular formula is C22H19Cl2LiN4O5S. The van der Waals surface area contributed by atoms with Crippen LogP contribution >= 0.6 is 34.5 Å². The van der Waals surface area contributed by atoms with Gasteiger partial charge in [-0.3, -0.25) is 4.79 Å². The first-order valence-corrected chi connectivity index (χ1v) is 11.9. The van der Waals surface area contributed by atoms with E-state index in [1.165, 1.54) is 12.1 Å². The monoisotopic (exact) mass is 528 g/mol. The molecule has 9 nitrogen and oxygen atoms in total. The molecule has 5 rings (SSSR count). The molecule has 178 valence electrons.